The molecule has 5 rings (SSSR count). The number of carbonyl (C=O) groups excluding carboxylic acids is 1. The second kappa shape index (κ2) is 9.38. The SMILES string of the molecule is Cc1cc(Nc2nc(NC3C[C@H]4CCC[C@@H](C3)N4C(=O)C(C)SO)c3cccnc3c2F)n[nH]1. The summed E-state index contributed by atoms with van der Waals surface area (Å²) in [4.78, 5) is 23.7. The number of hydrogen-bond donors (Lipinski definition) is 4. The number of rotatable bonds is 6. The normalized spacial score (nSPS) is 23.1. The minimum Gasteiger partial charge on any atom is -0.367 e. The van der Waals surface area contributed by atoms with E-state index in [9.17, 15) is 9.35 Å². The van der Waals surface area contributed by atoms with Crippen LogP contribution in [0.3, 0.4) is 0 Å². The fourth-order valence-corrected chi connectivity index (χ4v) is 5.42. The largest absolute Gasteiger partial charge is 0.367 e. The van der Waals surface area contributed by atoms with Gasteiger partial charge in [0.1, 0.15) is 16.6 Å². The summed E-state index contributed by atoms with van der Waals surface area (Å²) in [6, 6.07) is 5.66. The lowest BCUT2D eigenvalue weighted by molar-refractivity contribution is -0.140. The Kier molecular flexibility index (Phi) is 6.30. The number of piperidine rings is 2. The molecule has 2 bridgehead atoms. The first-order valence-corrected chi connectivity index (χ1v) is 12.4. The van der Waals surface area contributed by atoms with Gasteiger partial charge >= 0.3 is 0 Å². The lowest BCUT2D eigenvalue weighted by Gasteiger charge is -2.49. The Bertz CT molecular complexity index is 1190. The molecule has 9 nitrogen and oxygen atoms in total. The molecule has 11 heteroatoms. The van der Waals surface area contributed by atoms with Gasteiger partial charge in [0.2, 0.25) is 5.91 Å². The van der Waals surface area contributed by atoms with Crippen LogP contribution >= 0.6 is 12.0 Å². The van der Waals surface area contributed by atoms with Gasteiger partial charge in [-0.15, -0.1) is 0 Å². The zero-order chi connectivity index (χ0) is 23.8. The smallest absolute Gasteiger partial charge is 0.238 e. The van der Waals surface area contributed by atoms with E-state index in [-0.39, 0.29) is 35.4 Å². The van der Waals surface area contributed by atoms with Crippen LogP contribution in [-0.2, 0) is 4.79 Å². The monoisotopic (exact) mass is 485 g/mol. The Labute approximate surface area is 201 Å². The number of aromatic amines is 1. The zero-order valence-electron chi connectivity index (χ0n) is 19.1. The van der Waals surface area contributed by atoms with Crippen molar-refractivity contribution in [2.75, 3.05) is 10.6 Å². The maximum Gasteiger partial charge on any atom is 0.238 e. The summed E-state index contributed by atoms with van der Waals surface area (Å²) in [5, 5.41) is 13.6. The number of nitrogens with zero attached hydrogens (tertiary/aromatic N) is 4. The highest BCUT2D eigenvalue weighted by Crippen LogP contribution is 2.37. The average molecular weight is 486 g/mol. The molecule has 2 unspecified atom stereocenters. The number of amides is 1. The fraction of sp³-hybridized carbons (Fsp3) is 0.478. The van der Waals surface area contributed by atoms with Crippen molar-refractivity contribution >= 4 is 46.3 Å². The maximum atomic E-state index is 15.2. The van der Waals surface area contributed by atoms with Gasteiger partial charge in [0.25, 0.3) is 0 Å². The molecule has 0 aliphatic carbocycles. The lowest BCUT2D eigenvalue weighted by atomic mass is 9.81. The number of aryl methyl sites for hydroxylation is 1. The van der Waals surface area contributed by atoms with Crippen LogP contribution in [0.25, 0.3) is 10.9 Å². The van der Waals surface area contributed by atoms with Crippen LogP contribution in [0.1, 0.15) is 44.7 Å². The molecule has 2 saturated heterocycles. The first-order chi connectivity index (χ1) is 16.4. The van der Waals surface area contributed by atoms with Crippen LogP contribution in [0.15, 0.2) is 24.4 Å². The van der Waals surface area contributed by atoms with Crippen LogP contribution < -0.4 is 10.6 Å². The van der Waals surface area contributed by atoms with Crippen molar-refractivity contribution in [2.45, 2.75) is 69.3 Å². The highest BCUT2D eigenvalue weighted by Gasteiger charge is 2.42. The van der Waals surface area contributed by atoms with Gasteiger partial charge in [0, 0.05) is 53.5 Å². The first kappa shape index (κ1) is 22.9. The van der Waals surface area contributed by atoms with E-state index in [0.29, 0.717) is 29.1 Å². The van der Waals surface area contributed by atoms with E-state index < -0.39 is 11.1 Å². The van der Waals surface area contributed by atoms with Gasteiger partial charge in [-0.05, 0) is 58.1 Å². The standard InChI is InChI=1S/C23H28FN7O2S/c1-12-9-18(30-29-12)27-22-19(24)20-17(7-4-8-25-20)21(28-22)26-14-10-15-5-3-6-16(11-14)31(15)23(32)13(2)34-33/h4,7-9,13-16,33H,3,5-6,10-11H2,1-2H3,(H3,26,27,28,29,30)/t13?,14?,15-,16+. The van der Waals surface area contributed by atoms with Crippen LogP contribution in [0.5, 0.6) is 0 Å². The van der Waals surface area contributed by atoms with Crippen LogP contribution in [-0.4, -0.2) is 58.9 Å². The van der Waals surface area contributed by atoms with Gasteiger partial charge in [-0.1, -0.05) is 0 Å². The van der Waals surface area contributed by atoms with Crippen LogP contribution in [0.2, 0.25) is 0 Å². The van der Waals surface area contributed by atoms with Crippen LogP contribution in [0.4, 0.5) is 21.8 Å². The summed E-state index contributed by atoms with van der Waals surface area (Å²) in [7, 11) is 0. The zero-order valence-corrected chi connectivity index (χ0v) is 19.9. The van der Waals surface area contributed by atoms with Crippen molar-refractivity contribution < 1.29 is 13.7 Å². The summed E-state index contributed by atoms with van der Waals surface area (Å²) in [6.45, 7) is 3.61. The van der Waals surface area contributed by atoms with E-state index in [1.807, 2.05) is 17.9 Å². The lowest BCUT2D eigenvalue weighted by Crippen LogP contribution is -2.58. The fourth-order valence-electron chi connectivity index (χ4n) is 5.21. The number of carbonyl (C=O) groups is 1. The van der Waals surface area contributed by atoms with Gasteiger partial charge in [-0.3, -0.25) is 14.9 Å². The number of halogens is 1. The molecule has 0 aromatic carbocycles. The maximum absolute atomic E-state index is 15.2. The van der Waals surface area contributed by atoms with Gasteiger partial charge in [0.05, 0.1) is 0 Å². The number of pyridine rings is 2. The molecule has 5 heterocycles. The summed E-state index contributed by atoms with van der Waals surface area (Å²) in [5.74, 6) is 0.552. The van der Waals surface area contributed by atoms with Gasteiger partial charge in [-0.25, -0.2) is 9.37 Å². The minimum absolute atomic E-state index is 0.00371. The molecule has 4 atom stereocenters. The minimum atomic E-state index is -0.533. The van der Waals surface area contributed by atoms with Crippen molar-refractivity contribution in [1.82, 2.24) is 25.1 Å². The van der Waals surface area contributed by atoms with E-state index in [1.54, 1.807) is 25.3 Å². The van der Waals surface area contributed by atoms with E-state index in [0.717, 1.165) is 37.8 Å². The molecule has 2 aliphatic rings. The van der Waals surface area contributed by atoms with Crippen molar-refractivity contribution in [1.29, 1.82) is 0 Å². The van der Waals surface area contributed by atoms with Gasteiger partial charge < -0.3 is 20.1 Å². The summed E-state index contributed by atoms with van der Waals surface area (Å²) < 4.78 is 24.6. The number of hydrogen-bond acceptors (Lipinski definition) is 8. The number of anilines is 3. The number of nitrogens with one attached hydrogen (secondary N) is 3. The second-order valence-corrected chi connectivity index (χ2v) is 10.0. The molecule has 0 spiro atoms. The Hall–Kier alpha value is -2.92. The van der Waals surface area contributed by atoms with E-state index in [4.69, 9.17) is 0 Å². The highest BCUT2D eigenvalue weighted by atomic mass is 32.2. The molecule has 34 heavy (non-hydrogen) atoms. The molecular weight excluding hydrogens is 457 g/mol. The van der Waals surface area contributed by atoms with E-state index >= 15 is 4.39 Å². The predicted octanol–water partition coefficient (Wildman–Crippen LogP) is 4.46. The molecule has 1 amide bonds. The topological polar surface area (TPSA) is 119 Å². The Morgan fingerprint density at radius 2 is 2.09 bits per heavy atom. The van der Waals surface area contributed by atoms with Crippen molar-refractivity contribution in [3.63, 3.8) is 0 Å². The molecule has 3 aromatic rings. The third-order valence-corrected chi connectivity index (χ3v) is 7.25. The van der Waals surface area contributed by atoms with Crippen molar-refractivity contribution in [3.8, 4) is 0 Å². The Morgan fingerprint density at radius 3 is 2.76 bits per heavy atom. The molecule has 0 radical (unpaired) electrons. The first-order valence-electron chi connectivity index (χ1n) is 11.6. The summed E-state index contributed by atoms with van der Waals surface area (Å²) >= 11 is 0.601. The summed E-state index contributed by atoms with van der Waals surface area (Å²) in [6.07, 6.45) is 6.07. The van der Waals surface area contributed by atoms with Gasteiger partial charge in [-0.2, -0.15) is 5.10 Å². The molecular formula is C23H28FN7O2S. The van der Waals surface area contributed by atoms with E-state index in [2.05, 4.69) is 30.8 Å². The Balaban J connectivity index is 1.43. The van der Waals surface area contributed by atoms with E-state index in [1.165, 1.54) is 0 Å². The van der Waals surface area contributed by atoms with Crippen LogP contribution in [0, 0.1) is 12.7 Å². The molecule has 180 valence electrons. The molecule has 2 aliphatic heterocycles. The summed E-state index contributed by atoms with van der Waals surface area (Å²) in [5.41, 5.74) is 1.08. The number of H-pyrrole nitrogens is 1. The number of aromatic nitrogens is 4. The number of fused-ring (bicyclic) bond motifs is 3. The highest BCUT2D eigenvalue weighted by molar-refractivity contribution is 7.95. The van der Waals surface area contributed by atoms with Crippen molar-refractivity contribution in [3.05, 3.63) is 35.9 Å². The average Bonchev–Trinajstić information content (AvgIpc) is 3.25. The third kappa shape index (κ3) is 4.29. The molecule has 4 N–H and O–H groups in total. The molecule has 2 fully saturated rings. The van der Waals surface area contributed by atoms with Crippen molar-refractivity contribution in [2.24, 2.45) is 0 Å². The quantitative estimate of drug-likeness (QED) is 0.378. The van der Waals surface area contributed by atoms with Gasteiger partial charge in [0.15, 0.2) is 17.5 Å². The predicted molar refractivity (Wildman–Crippen MR) is 131 cm³/mol. The molecule has 3 aromatic heterocycles. The molecule has 0 saturated carbocycles. The Morgan fingerprint density at radius 1 is 1.32 bits per heavy atom. The second-order valence-electron chi connectivity index (χ2n) is 9.13. The third-order valence-electron chi connectivity index (χ3n) is 6.73.